The number of aromatic nitrogens is 2. The van der Waals surface area contributed by atoms with E-state index in [1.807, 2.05) is 13.8 Å². The largest absolute Gasteiger partial charge is 0.443 e. The van der Waals surface area contributed by atoms with E-state index in [4.69, 9.17) is 4.74 Å². The highest BCUT2D eigenvalue weighted by Gasteiger charge is 2.43. The lowest BCUT2D eigenvalue weighted by Gasteiger charge is -2.27. The predicted octanol–water partition coefficient (Wildman–Crippen LogP) is 3.70. The van der Waals surface area contributed by atoms with Crippen LogP contribution in [0.5, 0.6) is 0 Å². The number of aryl methyl sites for hydroxylation is 1. The van der Waals surface area contributed by atoms with E-state index in [9.17, 15) is 14.4 Å². The number of hydrogen-bond acceptors (Lipinski definition) is 6. The number of hydrogen-bond donors (Lipinski definition) is 1. The van der Waals surface area contributed by atoms with E-state index < -0.39 is 11.7 Å². The Bertz CT molecular complexity index is 1170. The molecule has 0 aliphatic heterocycles. The molecule has 2 aromatic rings. The predicted molar refractivity (Wildman–Crippen MR) is 122 cm³/mol. The number of rotatable bonds is 5. The normalized spacial score (nSPS) is 18.4. The van der Waals surface area contributed by atoms with Crippen LogP contribution in [0.1, 0.15) is 70.2 Å². The average molecular weight is 447 g/mol. The lowest BCUT2D eigenvalue weighted by atomic mass is 9.85. The Morgan fingerprint density at radius 2 is 2.00 bits per heavy atom. The smallest absolute Gasteiger partial charge is 0.428 e. The van der Waals surface area contributed by atoms with Gasteiger partial charge in [-0.25, -0.2) is 15.0 Å². The summed E-state index contributed by atoms with van der Waals surface area (Å²) in [4.78, 5) is 40.0. The van der Waals surface area contributed by atoms with Gasteiger partial charge in [0.25, 0.3) is 5.56 Å². The second-order valence-electron chi connectivity index (χ2n) is 9.97. The zero-order valence-corrected chi connectivity index (χ0v) is 19.6. The Morgan fingerprint density at radius 1 is 1.32 bits per heavy atom. The Morgan fingerprint density at radius 3 is 2.55 bits per heavy atom. The summed E-state index contributed by atoms with van der Waals surface area (Å²) in [5.41, 5.74) is 1.71. The number of carbonyl (C=O) groups excluding carboxylic acids is 1. The van der Waals surface area contributed by atoms with Crippen molar-refractivity contribution in [1.82, 2.24) is 14.6 Å². The molecule has 0 saturated heterocycles. The van der Waals surface area contributed by atoms with E-state index in [-0.39, 0.29) is 16.8 Å². The number of thiophene rings is 1. The summed E-state index contributed by atoms with van der Waals surface area (Å²) < 4.78 is 8.44. The standard InChI is InChI=1S/C22H30N4O4S/c1-13-15(11-23-24-19(28)30-21(2,3)4)31-18-16(13)17(27)26(22(5)9-10-22)20(29)25(18)12-14-7-6-8-14/h11,14H,6-10,12H2,1-5H3,(H,24,28)/b23-11+. The van der Waals surface area contributed by atoms with Crippen molar-refractivity contribution in [3.05, 3.63) is 31.3 Å². The number of nitrogens with one attached hydrogen (secondary N) is 1. The maximum absolute atomic E-state index is 13.4. The van der Waals surface area contributed by atoms with Crippen LogP contribution < -0.4 is 16.7 Å². The molecule has 0 radical (unpaired) electrons. The van der Waals surface area contributed by atoms with E-state index >= 15 is 0 Å². The summed E-state index contributed by atoms with van der Waals surface area (Å²) >= 11 is 1.37. The third kappa shape index (κ3) is 4.20. The van der Waals surface area contributed by atoms with Gasteiger partial charge in [0, 0.05) is 6.54 Å². The first-order valence-corrected chi connectivity index (χ1v) is 11.6. The molecule has 1 N–H and O–H groups in total. The zero-order chi connectivity index (χ0) is 22.6. The number of hydrazone groups is 1. The van der Waals surface area contributed by atoms with Crippen LogP contribution >= 0.6 is 11.3 Å². The average Bonchev–Trinajstić information content (AvgIpc) is 3.25. The van der Waals surface area contributed by atoms with Gasteiger partial charge in [-0.1, -0.05) is 6.42 Å². The van der Waals surface area contributed by atoms with E-state index in [2.05, 4.69) is 10.5 Å². The van der Waals surface area contributed by atoms with Crippen LogP contribution in [-0.2, 0) is 16.8 Å². The number of amides is 1. The third-order valence-electron chi connectivity index (χ3n) is 6.16. The maximum atomic E-state index is 13.4. The fourth-order valence-electron chi connectivity index (χ4n) is 3.91. The Kier molecular flexibility index (Phi) is 5.36. The zero-order valence-electron chi connectivity index (χ0n) is 18.8. The van der Waals surface area contributed by atoms with Crippen LogP contribution in [0.4, 0.5) is 4.79 Å². The molecule has 2 fully saturated rings. The summed E-state index contributed by atoms with van der Waals surface area (Å²) in [6.45, 7) is 9.81. The summed E-state index contributed by atoms with van der Waals surface area (Å²) in [5.74, 6) is 0.479. The first-order valence-electron chi connectivity index (χ1n) is 10.8. The molecular weight excluding hydrogens is 416 g/mol. The molecule has 4 rings (SSSR count). The highest BCUT2D eigenvalue weighted by Crippen LogP contribution is 2.41. The number of nitrogens with zero attached hydrogens (tertiary/aromatic N) is 3. The van der Waals surface area contributed by atoms with Crippen molar-refractivity contribution >= 4 is 33.9 Å². The highest BCUT2D eigenvalue weighted by atomic mass is 32.1. The van der Waals surface area contributed by atoms with Crippen LogP contribution in [0.2, 0.25) is 0 Å². The van der Waals surface area contributed by atoms with Crippen LogP contribution in [0, 0.1) is 12.8 Å². The molecule has 2 heterocycles. The lowest BCUT2D eigenvalue weighted by Crippen LogP contribution is -2.45. The maximum Gasteiger partial charge on any atom is 0.428 e. The summed E-state index contributed by atoms with van der Waals surface area (Å²) in [7, 11) is 0. The Hall–Kier alpha value is -2.42. The minimum Gasteiger partial charge on any atom is -0.443 e. The van der Waals surface area contributed by atoms with Gasteiger partial charge < -0.3 is 4.74 Å². The van der Waals surface area contributed by atoms with Crippen molar-refractivity contribution in [1.29, 1.82) is 0 Å². The first-order chi connectivity index (χ1) is 14.5. The van der Waals surface area contributed by atoms with Gasteiger partial charge in [0.1, 0.15) is 10.4 Å². The van der Waals surface area contributed by atoms with Gasteiger partial charge in [0.2, 0.25) is 0 Å². The van der Waals surface area contributed by atoms with Gasteiger partial charge in [0.05, 0.1) is 22.0 Å². The Balaban J connectivity index is 1.75. The number of ether oxygens (including phenoxy) is 1. The van der Waals surface area contributed by atoms with Crippen molar-refractivity contribution in [2.45, 2.75) is 84.4 Å². The minimum absolute atomic E-state index is 0.207. The van der Waals surface area contributed by atoms with Crippen molar-refractivity contribution in [3.63, 3.8) is 0 Å². The quantitative estimate of drug-likeness (QED) is 0.560. The van der Waals surface area contributed by atoms with Gasteiger partial charge >= 0.3 is 11.8 Å². The van der Waals surface area contributed by atoms with Gasteiger partial charge in [-0.3, -0.25) is 13.9 Å². The molecule has 2 saturated carbocycles. The van der Waals surface area contributed by atoms with Crippen molar-refractivity contribution < 1.29 is 9.53 Å². The van der Waals surface area contributed by atoms with Crippen molar-refractivity contribution in [3.8, 4) is 0 Å². The molecule has 2 aromatic heterocycles. The fraction of sp³-hybridized carbons (Fsp3) is 0.636. The molecule has 9 heteroatoms. The van der Waals surface area contributed by atoms with Crippen LogP contribution in [0.25, 0.3) is 10.2 Å². The van der Waals surface area contributed by atoms with Gasteiger partial charge in [-0.2, -0.15) is 5.10 Å². The summed E-state index contributed by atoms with van der Waals surface area (Å²) in [6, 6.07) is 0. The number of fused-ring (bicyclic) bond motifs is 1. The molecule has 2 aliphatic carbocycles. The first kappa shape index (κ1) is 21.8. The van der Waals surface area contributed by atoms with Crippen molar-refractivity contribution in [2.75, 3.05) is 0 Å². The van der Waals surface area contributed by atoms with Gasteiger partial charge in [-0.15, -0.1) is 11.3 Å². The summed E-state index contributed by atoms with van der Waals surface area (Å²) in [5, 5.41) is 4.58. The molecule has 8 nitrogen and oxygen atoms in total. The van der Waals surface area contributed by atoms with E-state index in [0.29, 0.717) is 22.7 Å². The SMILES string of the molecule is Cc1c(/C=N/NC(=O)OC(C)(C)C)sc2c1c(=O)n(C1(C)CC1)c(=O)n2CC1CCC1. The molecule has 0 atom stereocenters. The highest BCUT2D eigenvalue weighted by molar-refractivity contribution is 7.20. The Labute approximate surface area is 184 Å². The molecular formula is C22H30N4O4S. The van der Waals surface area contributed by atoms with Gasteiger partial charge in [-0.05, 0) is 71.8 Å². The topological polar surface area (TPSA) is 94.7 Å². The number of carbonyl (C=O) groups is 1. The second-order valence-corrected chi connectivity index (χ2v) is 11.0. The summed E-state index contributed by atoms with van der Waals surface area (Å²) in [6.07, 6.45) is 5.98. The minimum atomic E-state index is -0.645. The monoisotopic (exact) mass is 446 g/mol. The molecule has 0 aromatic carbocycles. The molecule has 0 bridgehead atoms. The second kappa shape index (κ2) is 7.62. The van der Waals surface area contributed by atoms with E-state index in [1.54, 1.807) is 25.3 Å². The molecule has 0 spiro atoms. The van der Waals surface area contributed by atoms with E-state index in [1.165, 1.54) is 28.5 Å². The molecule has 31 heavy (non-hydrogen) atoms. The van der Waals surface area contributed by atoms with Crippen LogP contribution in [0.3, 0.4) is 0 Å². The molecule has 0 unspecified atom stereocenters. The van der Waals surface area contributed by atoms with E-state index in [0.717, 1.165) is 36.1 Å². The molecule has 168 valence electrons. The van der Waals surface area contributed by atoms with Crippen molar-refractivity contribution in [2.24, 2.45) is 11.0 Å². The third-order valence-corrected chi connectivity index (χ3v) is 7.41. The molecule has 1 amide bonds. The molecule has 2 aliphatic rings. The van der Waals surface area contributed by atoms with Crippen LogP contribution in [0.15, 0.2) is 14.7 Å². The van der Waals surface area contributed by atoms with Gasteiger partial charge in [0.15, 0.2) is 0 Å². The van der Waals surface area contributed by atoms with Crippen LogP contribution in [-0.4, -0.2) is 27.0 Å². The fourth-order valence-corrected chi connectivity index (χ4v) is 5.08. The lowest BCUT2D eigenvalue weighted by molar-refractivity contribution is 0.0529.